The topological polar surface area (TPSA) is 12.0 Å². The van der Waals surface area contributed by atoms with Crippen molar-refractivity contribution < 1.29 is 0 Å². The van der Waals surface area contributed by atoms with Gasteiger partial charge in [-0.15, -0.1) is 0 Å². The van der Waals surface area contributed by atoms with E-state index in [1.165, 1.54) is 70.8 Å². The van der Waals surface area contributed by atoms with E-state index < -0.39 is 0 Å². The maximum Gasteiger partial charge on any atom is 0.00966 e. The predicted molar refractivity (Wildman–Crippen MR) is 93.6 cm³/mol. The van der Waals surface area contributed by atoms with Gasteiger partial charge in [0.1, 0.15) is 0 Å². The molecule has 0 heterocycles. The Hall–Kier alpha value is -0.0400. The van der Waals surface area contributed by atoms with E-state index in [9.17, 15) is 0 Å². The van der Waals surface area contributed by atoms with Gasteiger partial charge in [-0.25, -0.2) is 0 Å². The standard InChI is InChI=1S/C20H39N/c1-5-16-10-9-12-17(14-16)19-13-8-6-7-11-18(19)15-21-20(2,3)4/h16-19,21H,5-15H2,1-4H3. The molecule has 2 aliphatic carbocycles. The summed E-state index contributed by atoms with van der Waals surface area (Å²) in [7, 11) is 0. The first-order valence-corrected chi connectivity index (χ1v) is 9.74. The fourth-order valence-electron chi connectivity index (χ4n) is 4.82. The highest BCUT2D eigenvalue weighted by atomic mass is 14.9. The zero-order chi connectivity index (χ0) is 15.3. The van der Waals surface area contributed by atoms with Crippen LogP contribution >= 0.6 is 0 Å². The lowest BCUT2D eigenvalue weighted by Gasteiger charge is -2.39. The third kappa shape index (κ3) is 5.58. The van der Waals surface area contributed by atoms with Crippen LogP contribution in [-0.2, 0) is 0 Å². The molecule has 0 radical (unpaired) electrons. The molecule has 0 aromatic rings. The van der Waals surface area contributed by atoms with E-state index in [0.717, 1.165) is 23.7 Å². The SMILES string of the molecule is CCC1CCCC(C2CCCCCC2CNC(C)(C)C)C1. The molecule has 2 fully saturated rings. The summed E-state index contributed by atoms with van der Waals surface area (Å²) in [5.41, 5.74) is 0.273. The number of hydrogen-bond donors (Lipinski definition) is 1. The molecule has 21 heavy (non-hydrogen) atoms. The normalized spacial score (nSPS) is 35.4. The lowest BCUT2D eigenvalue weighted by molar-refractivity contribution is 0.129. The third-order valence-corrected chi connectivity index (χ3v) is 6.12. The van der Waals surface area contributed by atoms with Gasteiger partial charge in [0, 0.05) is 5.54 Å². The van der Waals surface area contributed by atoms with Gasteiger partial charge in [0.25, 0.3) is 0 Å². The highest BCUT2D eigenvalue weighted by molar-refractivity contribution is 4.86. The summed E-state index contributed by atoms with van der Waals surface area (Å²) in [6, 6.07) is 0. The van der Waals surface area contributed by atoms with E-state index in [1.54, 1.807) is 0 Å². The van der Waals surface area contributed by atoms with Gasteiger partial charge in [-0.3, -0.25) is 0 Å². The van der Waals surface area contributed by atoms with Crippen LogP contribution in [-0.4, -0.2) is 12.1 Å². The Kier molecular flexibility index (Phi) is 6.59. The first-order chi connectivity index (χ1) is 9.99. The Morgan fingerprint density at radius 3 is 2.38 bits per heavy atom. The number of hydrogen-bond acceptors (Lipinski definition) is 1. The Bertz CT molecular complexity index is 291. The molecular formula is C20H39N. The lowest BCUT2D eigenvalue weighted by Crippen LogP contribution is -2.42. The lowest BCUT2D eigenvalue weighted by atomic mass is 9.68. The van der Waals surface area contributed by atoms with E-state index in [0.29, 0.717) is 0 Å². The molecule has 2 aliphatic rings. The highest BCUT2D eigenvalue weighted by Crippen LogP contribution is 2.43. The van der Waals surface area contributed by atoms with Crippen LogP contribution in [0.5, 0.6) is 0 Å². The molecule has 124 valence electrons. The second-order valence-electron chi connectivity index (χ2n) is 8.89. The average molecular weight is 294 g/mol. The zero-order valence-corrected chi connectivity index (χ0v) is 15.1. The Labute approximate surface area is 133 Å². The molecule has 1 heteroatoms. The second-order valence-corrected chi connectivity index (χ2v) is 8.89. The van der Waals surface area contributed by atoms with Crippen LogP contribution < -0.4 is 5.32 Å². The van der Waals surface area contributed by atoms with E-state index in [4.69, 9.17) is 0 Å². The van der Waals surface area contributed by atoms with Gasteiger partial charge in [-0.2, -0.15) is 0 Å². The fourth-order valence-corrected chi connectivity index (χ4v) is 4.82. The first kappa shape index (κ1) is 17.3. The van der Waals surface area contributed by atoms with Crippen molar-refractivity contribution in [3.8, 4) is 0 Å². The molecule has 0 aliphatic heterocycles. The van der Waals surface area contributed by atoms with Crippen LogP contribution in [0.15, 0.2) is 0 Å². The van der Waals surface area contributed by atoms with Crippen molar-refractivity contribution in [2.45, 2.75) is 97.4 Å². The van der Waals surface area contributed by atoms with Gasteiger partial charge in [0.05, 0.1) is 0 Å². The second kappa shape index (κ2) is 7.99. The molecule has 0 aromatic carbocycles. The number of nitrogens with one attached hydrogen (secondary N) is 1. The van der Waals surface area contributed by atoms with Crippen LogP contribution in [0.3, 0.4) is 0 Å². The van der Waals surface area contributed by atoms with Crippen molar-refractivity contribution in [2.75, 3.05) is 6.54 Å². The third-order valence-electron chi connectivity index (χ3n) is 6.12. The largest absolute Gasteiger partial charge is 0.312 e. The molecule has 4 unspecified atom stereocenters. The van der Waals surface area contributed by atoms with Crippen molar-refractivity contribution in [1.82, 2.24) is 5.32 Å². The Balaban J connectivity index is 1.97. The van der Waals surface area contributed by atoms with E-state index >= 15 is 0 Å². The maximum absolute atomic E-state index is 3.81. The van der Waals surface area contributed by atoms with Crippen LogP contribution in [0.2, 0.25) is 0 Å². The van der Waals surface area contributed by atoms with Gasteiger partial charge < -0.3 is 5.32 Å². The van der Waals surface area contributed by atoms with Gasteiger partial charge in [-0.05, 0) is 70.3 Å². The highest BCUT2D eigenvalue weighted by Gasteiger charge is 2.33. The van der Waals surface area contributed by atoms with E-state index in [1.807, 2.05) is 0 Å². The zero-order valence-electron chi connectivity index (χ0n) is 15.1. The van der Waals surface area contributed by atoms with Gasteiger partial charge in [0.15, 0.2) is 0 Å². The smallest absolute Gasteiger partial charge is 0.00966 e. The van der Waals surface area contributed by atoms with Crippen molar-refractivity contribution in [1.29, 1.82) is 0 Å². The minimum atomic E-state index is 0.273. The van der Waals surface area contributed by atoms with Crippen LogP contribution in [0.1, 0.15) is 91.9 Å². The number of rotatable bonds is 4. The van der Waals surface area contributed by atoms with Crippen molar-refractivity contribution in [3.63, 3.8) is 0 Å². The summed E-state index contributed by atoms with van der Waals surface area (Å²) >= 11 is 0. The molecule has 0 spiro atoms. The molecule has 0 saturated heterocycles. The molecule has 0 bridgehead atoms. The maximum atomic E-state index is 3.81. The van der Waals surface area contributed by atoms with Gasteiger partial charge >= 0.3 is 0 Å². The average Bonchev–Trinajstić information content (AvgIpc) is 2.69. The van der Waals surface area contributed by atoms with Crippen LogP contribution in [0.25, 0.3) is 0 Å². The van der Waals surface area contributed by atoms with Crippen LogP contribution in [0, 0.1) is 23.7 Å². The molecule has 1 nitrogen and oxygen atoms in total. The monoisotopic (exact) mass is 293 g/mol. The predicted octanol–water partition coefficient (Wildman–Crippen LogP) is 5.79. The van der Waals surface area contributed by atoms with E-state index in [-0.39, 0.29) is 5.54 Å². The molecule has 0 amide bonds. The summed E-state index contributed by atoms with van der Waals surface area (Å²) < 4.78 is 0. The summed E-state index contributed by atoms with van der Waals surface area (Å²) in [4.78, 5) is 0. The summed E-state index contributed by atoms with van der Waals surface area (Å²) in [5.74, 6) is 4.01. The van der Waals surface area contributed by atoms with Crippen molar-refractivity contribution >= 4 is 0 Å². The summed E-state index contributed by atoms with van der Waals surface area (Å²) in [5, 5.41) is 3.81. The van der Waals surface area contributed by atoms with Crippen molar-refractivity contribution in [3.05, 3.63) is 0 Å². The minimum absolute atomic E-state index is 0.273. The van der Waals surface area contributed by atoms with Crippen molar-refractivity contribution in [2.24, 2.45) is 23.7 Å². The Morgan fingerprint density at radius 2 is 1.67 bits per heavy atom. The molecule has 2 saturated carbocycles. The molecule has 4 atom stereocenters. The first-order valence-electron chi connectivity index (χ1n) is 9.74. The molecule has 1 N–H and O–H groups in total. The minimum Gasteiger partial charge on any atom is -0.312 e. The molecule has 2 rings (SSSR count). The molecule has 0 aromatic heterocycles. The van der Waals surface area contributed by atoms with E-state index in [2.05, 4.69) is 33.0 Å². The van der Waals surface area contributed by atoms with Gasteiger partial charge in [0.2, 0.25) is 0 Å². The van der Waals surface area contributed by atoms with Gasteiger partial charge in [-0.1, -0.05) is 51.9 Å². The summed E-state index contributed by atoms with van der Waals surface area (Å²) in [6.07, 6.45) is 14.9. The molecular weight excluding hydrogens is 254 g/mol. The quantitative estimate of drug-likeness (QED) is 0.647. The Morgan fingerprint density at radius 1 is 0.905 bits per heavy atom. The fraction of sp³-hybridized carbons (Fsp3) is 1.00. The summed E-state index contributed by atoms with van der Waals surface area (Å²) in [6.45, 7) is 10.6. The van der Waals surface area contributed by atoms with Crippen LogP contribution in [0.4, 0.5) is 0 Å².